The van der Waals surface area contributed by atoms with E-state index in [0.29, 0.717) is 11.3 Å². The Balaban J connectivity index is 2.17. The van der Waals surface area contributed by atoms with Gasteiger partial charge in [0.15, 0.2) is 5.78 Å². The summed E-state index contributed by atoms with van der Waals surface area (Å²) < 4.78 is 0. The van der Waals surface area contributed by atoms with Gasteiger partial charge in [-0.05, 0) is 31.2 Å². The summed E-state index contributed by atoms with van der Waals surface area (Å²) in [5.41, 5.74) is 1.79. The number of carbonyl (C=O) groups excluding carboxylic acids is 2. The molecule has 0 spiro atoms. The number of ketones is 1. The predicted octanol–water partition coefficient (Wildman–Crippen LogP) is 3.37. The van der Waals surface area contributed by atoms with Crippen LogP contribution in [0.15, 0.2) is 66.4 Å². The van der Waals surface area contributed by atoms with Crippen LogP contribution in [0.4, 0.5) is 11.4 Å². The fourth-order valence-corrected chi connectivity index (χ4v) is 2.08. The Kier molecular flexibility index (Phi) is 5.48. The highest BCUT2D eigenvalue weighted by Gasteiger charge is 2.11. The van der Waals surface area contributed by atoms with Gasteiger partial charge >= 0.3 is 0 Å². The number of rotatable bonds is 5. The Labute approximate surface area is 140 Å². The van der Waals surface area contributed by atoms with E-state index >= 15 is 0 Å². The van der Waals surface area contributed by atoms with Crippen molar-refractivity contribution in [2.45, 2.75) is 6.92 Å². The maximum absolute atomic E-state index is 12.3. The number of hydrogen-bond acceptors (Lipinski definition) is 4. The zero-order valence-corrected chi connectivity index (χ0v) is 13.5. The molecule has 0 aliphatic heterocycles. The van der Waals surface area contributed by atoms with Crippen molar-refractivity contribution < 1.29 is 9.59 Å². The van der Waals surface area contributed by atoms with E-state index in [1.165, 1.54) is 13.1 Å². The van der Waals surface area contributed by atoms with E-state index in [4.69, 9.17) is 0 Å². The van der Waals surface area contributed by atoms with Crippen molar-refractivity contribution >= 4 is 23.1 Å². The van der Waals surface area contributed by atoms with E-state index in [9.17, 15) is 14.9 Å². The van der Waals surface area contributed by atoms with E-state index in [1.807, 2.05) is 36.4 Å². The fraction of sp³-hybridized carbons (Fsp3) is 0.105. The Morgan fingerprint density at radius 1 is 1.12 bits per heavy atom. The van der Waals surface area contributed by atoms with Crippen LogP contribution in [0.5, 0.6) is 0 Å². The number of benzene rings is 2. The van der Waals surface area contributed by atoms with Gasteiger partial charge in [0.2, 0.25) is 0 Å². The Hall–Kier alpha value is -3.39. The first-order valence-electron chi connectivity index (χ1n) is 7.33. The zero-order chi connectivity index (χ0) is 17.5. The minimum atomic E-state index is -0.527. The number of Topliss-reactive ketones (excluding diaryl/α,β-unsaturated/α-hetero) is 1. The van der Waals surface area contributed by atoms with Gasteiger partial charge in [0.05, 0.1) is 0 Å². The molecule has 0 aliphatic carbocycles. The lowest BCUT2D eigenvalue weighted by Gasteiger charge is -2.14. The third-order valence-electron chi connectivity index (χ3n) is 3.38. The summed E-state index contributed by atoms with van der Waals surface area (Å²) in [5, 5.41) is 11.9. The van der Waals surface area contributed by atoms with Gasteiger partial charge in [-0.15, -0.1) is 0 Å². The Morgan fingerprint density at radius 2 is 1.83 bits per heavy atom. The van der Waals surface area contributed by atoms with Crippen LogP contribution in [0.2, 0.25) is 0 Å². The molecule has 0 aromatic heterocycles. The molecule has 24 heavy (non-hydrogen) atoms. The molecular weight excluding hydrogens is 302 g/mol. The second-order valence-corrected chi connectivity index (χ2v) is 5.19. The van der Waals surface area contributed by atoms with Gasteiger partial charge in [0.25, 0.3) is 5.91 Å². The van der Waals surface area contributed by atoms with Crippen molar-refractivity contribution in [3.8, 4) is 6.07 Å². The molecule has 120 valence electrons. The highest BCUT2D eigenvalue weighted by Crippen LogP contribution is 2.15. The largest absolute Gasteiger partial charge is 0.350 e. The molecule has 0 atom stereocenters. The summed E-state index contributed by atoms with van der Waals surface area (Å²) in [6.07, 6.45) is 1.47. The lowest BCUT2D eigenvalue weighted by molar-refractivity contribution is -0.112. The van der Waals surface area contributed by atoms with Crippen LogP contribution in [0.25, 0.3) is 0 Å². The van der Waals surface area contributed by atoms with Gasteiger partial charge in [-0.25, -0.2) is 0 Å². The van der Waals surface area contributed by atoms with Crippen LogP contribution in [0, 0.1) is 11.3 Å². The standard InChI is InChI=1S/C19H17N3O2/c1-14(23)15-7-6-8-17(11-15)21-19(24)16(12-20)13-22(2)18-9-4-3-5-10-18/h3-11,13H,1-2H3,(H,21,24)/b16-13-. The van der Waals surface area contributed by atoms with Crippen LogP contribution in [0.1, 0.15) is 17.3 Å². The Morgan fingerprint density at radius 3 is 2.46 bits per heavy atom. The number of hydrogen-bond donors (Lipinski definition) is 1. The SMILES string of the molecule is CC(=O)c1cccc(NC(=O)/C(C#N)=C\N(C)c2ccccc2)c1. The Bertz CT molecular complexity index is 820. The normalized spacial score (nSPS) is 10.6. The highest BCUT2D eigenvalue weighted by atomic mass is 16.1. The summed E-state index contributed by atoms with van der Waals surface area (Å²) in [4.78, 5) is 25.4. The molecule has 0 radical (unpaired) electrons. The summed E-state index contributed by atoms with van der Waals surface area (Å²) in [6, 6.07) is 17.9. The fourth-order valence-electron chi connectivity index (χ4n) is 2.08. The van der Waals surface area contributed by atoms with Crippen LogP contribution in [-0.2, 0) is 4.79 Å². The highest BCUT2D eigenvalue weighted by molar-refractivity contribution is 6.07. The van der Waals surface area contributed by atoms with Crippen molar-refractivity contribution in [1.29, 1.82) is 5.26 Å². The molecular formula is C19H17N3O2. The summed E-state index contributed by atoms with van der Waals surface area (Å²) >= 11 is 0. The summed E-state index contributed by atoms with van der Waals surface area (Å²) in [7, 11) is 1.76. The average molecular weight is 319 g/mol. The monoisotopic (exact) mass is 319 g/mol. The number of nitrogens with one attached hydrogen (secondary N) is 1. The molecule has 0 saturated carbocycles. The van der Waals surface area contributed by atoms with Gasteiger partial charge in [0.1, 0.15) is 11.6 Å². The number of anilines is 2. The van der Waals surface area contributed by atoms with Crippen LogP contribution in [-0.4, -0.2) is 18.7 Å². The molecule has 0 heterocycles. The van der Waals surface area contributed by atoms with Crippen LogP contribution >= 0.6 is 0 Å². The molecule has 2 aromatic carbocycles. The second-order valence-electron chi connectivity index (χ2n) is 5.19. The van der Waals surface area contributed by atoms with Gasteiger partial charge in [-0.3, -0.25) is 9.59 Å². The van der Waals surface area contributed by atoms with E-state index in [0.717, 1.165) is 5.69 Å². The van der Waals surface area contributed by atoms with Crippen molar-refractivity contribution in [2.75, 3.05) is 17.3 Å². The summed E-state index contributed by atoms with van der Waals surface area (Å²) in [6.45, 7) is 1.45. The van der Waals surface area contributed by atoms with E-state index in [-0.39, 0.29) is 11.4 Å². The van der Waals surface area contributed by atoms with E-state index in [2.05, 4.69) is 5.32 Å². The predicted molar refractivity (Wildman–Crippen MR) is 93.6 cm³/mol. The molecule has 0 saturated heterocycles. The zero-order valence-electron chi connectivity index (χ0n) is 13.5. The first-order valence-corrected chi connectivity index (χ1v) is 7.33. The number of amides is 1. The van der Waals surface area contributed by atoms with Crippen LogP contribution < -0.4 is 10.2 Å². The molecule has 1 N–H and O–H groups in total. The first kappa shape index (κ1) is 17.0. The van der Waals surface area contributed by atoms with Crippen LogP contribution in [0.3, 0.4) is 0 Å². The molecule has 0 aliphatic rings. The number of carbonyl (C=O) groups is 2. The second kappa shape index (κ2) is 7.75. The van der Waals surface area contributed by atoms with Gasteiger partial charge in [-0.1, -0.05) is 30.3 Å². The molecule has 5 nitrogen and oxygen atoms in total. The molecule has 0 unspecified atom stereocenters. The summed E-state index contributed by atoms with van der Waals surface area (Å²) in [5.74, 6) is -0.619. The third-order valence-corrected chi connectivity index (χ3v) is 3.38. The third kappa shape index (κ3) is 4.31. The van der Waals surface area contributed by atoms with Gasteiger partial charge in [0, 0.05) is 30.2 Å². The number of para-hydroxylation sites is 1. The molecule has 2 rings (SSSR count). The maximum Gasteiger partial charge on any atom is 0.267 e. The molecule has 0 fully saturated rings. The lowest BCUT2D eigenvalue weighted by atomic mass is 10.1. The lowest BCUT2D eigenvalue weighted by Crippen LogP contribution is -2.18. The van der Waals surface area contributed by atoms with Crippen molar-refractivity contribution in [1.82, 2.24) is 0 Å². The molecule has 0 bridgehead atoms. The minimum absolute atomic E-state index is 0.0328. The first-order chi connectivity index (χ1) is 11.5. The molecule has 5 heteroatoms. The van der Waals surface area contributed by atoms with Gasteiger partial charge in [-0.2, -0.15) is 5.26 Å². The smallest absolute Gasteiger partial charge is 0.267 e. The minimum Gasteiger partial charge on any atom is -0.350 e. The number of nitriles is 1. The average Bonchev–Trinajstić information content (AvgIpc) is 2.60. The van der Waals surface area contributed by atoms with E-state index in [1.54, 1.807) is 36.2 Å². The van der Waals surface area contributed by atoms with Crippen molar-refractivity contribution in [3.63, 3.8) is 0 Å². The van der Waals surface area contributed by atoms with Crippen molar-refractivity contribution in [2.24, 2.45) is 0 Å². The maximum atomic E-state index is 12.3. The quantitative estimate of drug-likeness (QED) is 0.521. The molecule has 1 amide bonds. The van der Waals surface area contributed by atoms with Gasteiger partial charge < -0.3 is 10.2 Å². The van der Waals surface area contributed by atoms with E-state index < -0.39 is 5.91 Å². The molecule has 2 aromatic rings. The topological polar surface area (TPSA) is 73.2 Å². The van der Waals surface area contributed by atoms with Crippen molar-refractivity contribution in [3.05, 3.63) is 71.9 Å². The number of nitrogens with zero attached hydrogens (tertiary/aromatic N) is 2.